The number of anilines is 2. The minimum absolute atomic E-state index is 0.0120. The summed E-state index contributed by atoms with van der Waals surface area (Å²) >= 11 is 6.06. The summed E-state index contributed by atoms with van der Waals surface area (Å²) in [4.78, 5) is 13.0. The van der Waals surface area contributed by atoms with Crippen LogP contribution < -0.4 is 10.2 Å². The second kappa shape index (κ2) is 7.67. The number of nitrogens with zero attached hydrogens (tertiary/aromatic N) is 3. The Hall–Kier alpha value is -1.70. The summed E-state index contributed by atoms with van der Waals surface area (Å²) < 4.78 is 13.0. The largest absolute Gasteiger partial charge is 0.394 e. The predicted octanol–water partition coefficient (Wildman–Crippen LogP) is 3.99. The maximum Gasteiger partial charge on any atom is 0.227 e. The second-order valence-electron chi connectivity index (χ2n) is 10.1. The van der Waals surface area contributed by atoms with Crippen molar-refractivity contribution in [3.05, 3.63) is 40.5 Å². The lowest BCUT2D eigenvalue weighted by Gasteiger charge is -2.42. The molecule has 0 unspecified atom stereocenters. The lowest BCUT2D eigenvalue weighted by Crippen LogP contribution is -2.49. The molecule has 1 spiro atoms. The fourth-order valence-electron chi connectivity index (χ4n) is 5.49. The number of aliphatic hydroxyl groups is 1. The zero-order chi connectivity index (χ0) is 21.9. The third-order valence-electron chi connectivity index (χ3n) is 7.96. The van der Waals surface area contributed by atoms with E-state index in [1.54, 1.807) is 0 Å². The van der Waals surface area contributed by atoms with Crippen molar-refractivity contribution in [2.24, 2.45) is 0 Å². The van der Waals surface area contributed by atoms with Crippen LogP contribution in [0, 0.1) is 0 Å². The zero-order valence-electron chi connectivity index (χ0n) is 18.1. The van der Waals surface area contributed by atoms with Crippen LogP contribution in [0.1, 0.15) is 62.1 Å². The van der Waals surface area contributed by atoms with Crippen LogP contribution in [-0.4, -0.2) is 50.3 Å². The number of fused-ring (bicyclic) bond motifs is 2. The lowest BCUT2D eigenvalue weighted by molar-refractivity contribution is 0.143. The van der Waals surface area contributed by atoms with Gasteiger partial charge in [0.15, 0.2) is 0 Å². The number of benzene rings is 1. The van der Waals surface area contributed by atoms with E-state index in [0.29, 0.717) is 17.5 Å². The number of hydrogen-bond donors (Lipinski definition) is 2. The first-order valence-corrected chi connectivity index (χ1v) is 13.4. The highest BCUT2D eigenvalue weighted by Crippen LogP contribution is 2.56. The van der Waals surface area contributed by atoms with Crippen LogP contribution in [0.15, 0.2) is 29.2 Å². The molecule has 3 fully saturated rings. The Morgan fingerprint density at radius 3 is 2.44 bits per heavy atom. The molecule has 0 amide bonds. The zero-order valence-corrected chi connectivity index (χ0v) is 19.7. The Morgan fingerprint density at radius 2 is 1.84 bits per heavy atom. The summed E-state index contributed by atoms with van der Waals surface area (Å²) in [5.74, 6) is 2.63. The molecule has 3 heterocycles. The smallest absolute Gasteiger partial charge is 0.227 e. The van der Waals surface area contributed by atoms with Crippen LogP contribution in [0.25, 0.3) is 0 Å². The van der Waals surface area contributed by atoms with E-state index >= 15 is 0 Å². The monoisotopic (exact) mass is 472 g/mol. The Bertz CT molecular complexity index is 1050. The first kappa shape index (κ1) is 20.9. The number of aromatic nitrogens is 2. The molecular formula is C24H29ClN4O2S. The van der Waals surface area contributed by atoms with E-state index in [1.807, 2.05) is 12.1 Å². The number of hydrogen-bond acceptors (Lipinski definition) is 6. The summed E-state index contributed by atoms with van der Waals surface area (Å²) in [6.45, 7) is 1.87. The van der Waals surface area contributed by atoms with E-state index in [0.717, 1.165) is 79.6 Å². The molecule has 2 saturated carbocycles. The molecule has 2 N–H and O–H groups in total. The number of aliphatic hydroxyl groups excluding tert-OH is 1. The topological polar surface area (TPSA) is 78.4 Å². The maximum absolute atomic E-state index is 13.0. The van der Waals surface area contributed by atoms with E-state index in [1.165, 1.54) is 5.56 Å². The van der Waals surface area contributed by atoms with Gasteiger partial charge in [-0.3, -0.25) is 4.21 Å². The standard InChI is InChI=1S/C24H29ClN4O2S/c25-18-4-2-16(3-5-18)17-6-12-29(13-7-17)22-26-20-19(32(31)15-23(20)10-11-23)21(27-22)28-24(14-30)8-1-9-24/h2-5,17,30H,1,6-15H2,(H,26,27,28)/t32-/m1/s1. The van der Waals surface area contributed by atoms with E-state index in [9.17, 15) is 9.32 Å². The highest BCUT2D eigenvalue weighted by molar-refractivity contribution is 7.85. The molecule has 2 aromatic rings. The minimum Gasteiger partial charge on any atom is -0.394 e. The van der Waals surface area contributed by atoms with Crippen LogP contribution in [0.3, 0.4) is 0 Å². The molecule has 1 aromatic carbocycles. The SMILES string of the molecule is O=[S@@]1CC2(CC2)c2nc(N3CCC(c4ccc(Cl)cc4)CC3)nc(NC3(CO)CCC3)c21. The van der Waals surface area contributed by atoms with Gasteiger partial charge in [0, 0.05) is 29.3 Å². The van der Waals surface area contributed by atoms with Crippen molar-refractivity contribution in [1.29, 1.82) is 0 Å². The van der Waals surface area contributed by atoms with E-state index in [-0.39, 0.29) is 17.6 Å². The minimum atomic E-state index is -1.08. The van der Waals surface area contributed by atoms with Gasteiger partial charge in [-0.05, 0) is 68.6 Å². The van der Waals surface area contributed by atoms with Crippen molar-refractivity contribution < 1.29 is 9.32 Å². The molecule has 8 heteroatoms. The Morgan fingerprint density at radius 1 is 1.12 bits per heavy atom. The van der Waals surface area contributed by atoms with Crippen molar-refractivity contribution >= 4 is 34.2 Å². The van der Waals surface area contributed by atoms with Gasteiger partial charge in [-0.1, -0.05) is 23.7 Å². The summed E-state index contributed by atoms with van der Waals surface area (Å²) in [5.41, 5.74) is 2.00. The number of rotatable bonds is 5. The Balaban J connectivity index is 1.29. The van der Waals surface area contributed by atoms with Crippen molar-refractivity contribution in [3.63, 3.8) is 0 Å². The molecule has 1 saturated heterocycles. The van der Waals surface area contributed by atoms with E-state index in [2.05, 4.69) is 22.3 Å². The van der Waals surface area contributed by atoms with Gasteiger partial charge >= 0.3 is 0 Å². The first-order chi connectivity index (χ1) is 15.5. The normalized spacial score (nSPS) is 25.4. The van der Waals surface area contributed by atoms with Gasteiger partial charge in [0.1, 0.15) is 10.7 Å². The Kier molecular flexibility index (Phi) is 5.01. The molecule has 2 aliphatic heterocycles. The lowest BCUT2D eigenvalue weighted by atomic mass is 9.77. The molecule has 2 aliphatic carbocycles. The fraction of sp³-hybridized carbons (Fsp3) is 0.583. The fourth-order valence-corrected chi connectivity index (χ4v) is 7.48. The molecular weight excluding hydrogens is 444 g/mol. The quantitative estimate of drug-likeness (QED) is 0.685. The second-order valence-corrected chi connectivity index (χ2v) is 11.9. The molecule has 1 aromatic heterocycles. The van der Waals surface area contributed by atoms with Crippen LogP contribution in [-0.2, 0) is 16.2 Å². The summed E-state index contributed by atoms with van der Waals surface area (Å²) in [7, 11) is -1.08. The molecule has 0 radical (unpaired) electrons. The van der Waals surface area contributed by atoms with Crippen molar-refractivity contribution in [1.82, 2.24) is 9.97 Å². The van der Waals surface area contributed by atoms with Gasteiger partial charge in [-0.2, -0.15) is 4.98 Å². The average Bonchev–Trinajstić information content (AvgIpc) is 3.50. The highest BCUT2D eigenvalue weighted by atomic mass is 35.5. The van der Waals surface area contributed by atoms with Gasteiger partial charge in [-0.15, -0.1) is 0 Å². The van der Waals surface area contributed by atoms with Crippen LogP contribution in [0.2, 0.25) is 5.02 Å². The maximum atomic E-state index is 13.0. The average molecular weight is 473 g/mol. The van der Waals surface area contributed by atoms with Gasteiger partial charge in [0.25, 0.3) is 0 Å². The van der Waals surface area contributed by atoms with Gasteiger partial charge < -0.3 is 15.3 Å². The molecule has 1 atom stereocenters. The van der Waals surface area contributed by atoms with Crippen LogP contribution in [0.4, 0.5) is 11.8 Å². The van der Waals surface area contributed by atoms with Crippen molar-refractivity contribution in [2.45, 2.75) is 66.7 Å². The summed E-state index contributed by atoms with van der Waals surface area (Å²) in [6.07, 6.45) is 7.14. The van der Waals surface area contributed by atoms with E-state index in [4.69, 9.17) is 21.6 Å². The van der Waals surface area contributed by atoms with Crippen LogP contribution in [0.5, 0.6) is 0 Å². The molecule has 4 aliphatic rings. The van der Waals surface area contributed by atoms with Gasteiger partial charge in [0.2, 0.25) is 5.95 Å². The van der Waals surface area contributed by atoms with Gasteiger partial charge in [-0.25, -0.2) is 4.98 Å². The van der Waals surface area contributed by atoms with Crippen LogP contribution >= 0.6 is 11.6 Å². The molecule has 0 bridgehead atoms. The molecule has 6 rings (SSSR count). The molecule has 6 nitrogen and oxygen atoms in total. The number of halogens is 1. The number of piperidine rings is 1. The number of nitrogens with one attached hydrogen (secondary N) is 1. The van der Waals surface area contributed by atoms with E-state index < -0.39 is 10.8 Å². The van der Waals surface area contributed by atoms with Crippen molar-refractivity contribution in [3.8, 4) is 0 Å². The molecule has 170 valence electrons. The summed E-state index contributed by atoms with van der Waals surface area (Å²) in [5, 5.41) is 14.3. The highest BCUT2D eigenvalue weighted by Gasteiger charge is 2.55. The third kappa shape index (κ3) is 3.44. The summed E-state index contributed by atoms with van der Waals surface area (Å²) in [6, 6.07) is 8.21. The molecule has 32 heavy (non-hydrogen) atoms. The van der Waals surface area contributed by atoms with Gasteiger partial charge in [0.05, 0.1) is 28.6 Å². The van der Waals surface area contributed by atoms with Crippen molar-refractivity contribution in [2.75, 3.05) is 35.7 Å². The Labute approximate surface area is 196 Å². The third-order valence-corrected chi connectivity index (χ3v) is 9.87. The predicted molar refractivity (Wildman–Crippen MR) is 127 cm³/mol. The first-order valence-electron chi connectivity index (χ1n) is 11.7.